The summed E-state index contributed by atoms with van der Waals surface area (Å²) in [6.45, 7) is 4.83. The Morgan fingerprint density at radius 1 is 1.35 bits per heavy atom. The third-order valence-corrected chi connectivity index (χ3v) is 3.07. The highest BCUT2D eigenvalue weighted by Crippen LogP contribution is 2.10. The summed E-state index contributed by atoms with van der Waals surface area (Å²) in [6, 6.07) is 8.28. The maximum absolute atomic E-state index is 4.39. The Morgan fingerprint density at radius 3 is 2.94 bits per heavy atom. The maximum atomic E-state index is 4.39. The molecule has 0 atom stereocenters. The number of aromatic nitrogens is 2. The van der Waals surface area contributed by atoms with E-state index in [2.05, 4.69) is 56.1 Å². The predicted octanol–water partition coefficient (Wildman–Crippen LogP) is 2.80. The molecule has 0 spiro atoms. The number of nitrogens with zero attached hydrogens (tertiary/aromatic N) is 2. The van der Waals surface area contributed by atoms with Gasteiger partial charge in [0.05, 0.1) is 12.2 Å². The van der Waals surface area contributed by atoms with Gasteiger partial charge in [-0.15, -0.1) is 0 Å². The number of nitrogens with one attached hydrogen (secondary N) is 1. The van der Waals surface area contributed by atoms with Crippen molar-refractivity contribution in [3.8, 4) is 0 Å². The fourth-order valence-corrected chi connectivity index (χ4v) is 1.93. The van der Waals surface area contributed by atoms with E-state index in [-0.39, 0.29) is 0 Å². The van der Waals surface area contributed by atoms with Crippen LogP contribution in [0.2, 0.25) is 0 Å². The van der Waals surface area contributed by atoms with Gasteiger partial charge in [0.15, 0.2) is 0 Å². The van der Waals surface area contributed by atoms with E-state index in [1.165, 1.54) is 5.69 Å². The van der Waals surface area contributed by atoms with Crippen LogP contribution in [0.5, 0.6) is 0 Å². The molecule has 0 aliphatic carbocycles. The number of rotatable bonds is 5. The van der Waals surface area contributed by atoms with Gasteiger partial charge in [0.1, 0.15) is 0 Å². The lowest BCUT2D eigenvalue weighted by molar-refractivity contribution is 0.652. The summed E-state index contributed by atoms with van der Waals surface area (Å²) in [7, 11) is 0. The summed E-state index contributed by atoms with van der Waals surface area (Å²) in [6.07, 6.45) is 3.93. The van der Waals surface area contributed by atoms with Crippen molar-refractivity contribution in [2.24, 2.45) is 0 Å². The monoisotopic (exact) mass is 293 g/mol. The van der Waals surface area contributed by atoms with Crippen molar-refractivity contribution in [2.75, 3.05) is 6.54 Å². The number of halogens is 1. The molecule has 0 saturated carbocycles. The van der Waals surface area contributed by atoms with Gasteiger partial charge in [0, 0.05) is 29.1 Å². The molecule has 3 nitrogen and oxygen atoms in total. The highest BCUT2D eigenvalue weighted by Gasteiger charge is 2.02. The topological polar surface area (TPSA) is 29.9 Å². The van der Waals surface area contributed by atoms with Crippen molar-refractivity contribution in [3.63, 3.8) is 0 Å². The van der Waals surface area contributed by atoms with Crippen LogP contribution in [0.1, 0.15) is 18.3 Å². The van der Waals surface area contributed by atoms with Crippen LogP contribution in [0.25, 0.3) is 0 Å². The lowest BCUT2D eigenvalue weighted by atomic mass is 10.3. The largest absolute Gasteiger partial charge is 0.344 e. The lowest BCUT2D eigenvalue weighted by Gasteiger charge is -2.09. The fourth-order valence-electron chi connectivity index (χ4n) is 1.69. The zero-order valence-corrected chi connectivity index (χ0v) is 11.4. The molecule has 0 aromatic carbocycles. The Bertz CT molecular complexity index is 462. The molecule has 2 aromatic heterocycles. The highest BCUT2D eigenvalue weighted by molar-refractivity contribution is 9.10. The molecule has 0 saturated heterocycles. The van der Waals surface area contributed by atoms with E-state index in [0.29, 0.717) is 0 Å². The van der Waals surface area contributed by atoms with Crippen molar-refractivity contribution in [2.45, 2.75) is 20.0 Å². The molecule has 0 aliphatic heterocycles. The first kappa shape index (κ1) is 12.3. The van der Waals surface area contributed by atoms with Gasteiger partial charge in [-0.2, -0.15) is 0 Å². The minimum atomic E-state index is 0.820. The molecule has 4 heteroatoms. The molecule has 0 amide bonds. The van der Waals surface area contributed by atoms with Gasteiger partial charge in [-0.1, -0.05) is 6.92 Å². The van der Waals surface area contributed by atoms with Gasteiger partial charge in [0.2, 0.25) is 0 Å². The van der Waals surface area contributed by atoms with Crippen LogP contribution in [0.3, 0.4) is 0 Å². The van der Waals surface area contributed by atoms with Crippen LogP contribution in [0.15, 0.2) is 41.1 Å². The predicted molar refractivity (Wildman–Crippen MR) is 72.9 cm³/mol. The van der Waals surface area contributed by atoms with Gasteiger partial charge >= 0.3 is 0 Å². The van der Waals surface area contributed by atoms with E-state index in [1.807, 2.05) is 18.3 Å². The van der Waals surface area contributed by atoms with E-state index in [4.69, 9.17) is 0 Å². The molecule has 2 heterocycles. The van der Waals surface area contributed by atoms with E-state index in [1.54, 1.807) is 0 Å². The highest BCUT2D eigenvalue weighted by atomic mass is 79.9. The normalized spacial score (nSPS) is 10.7. The molecular formula is C13H16BrN3. The van der Waals surface area contributed by atoms with E-state index in [9.17, 15) is 0 Å². The third kappa shape index (κ3) is 3.41. The van der Waals surface area contributed by atoms with Crippen molar-refractivity contribution < 1.29 is 0 Å². The Kier molecular flexibility index (Phi) is 4.34. The Labute approximate surface area is 110 Å². The second-order valence-corrected chi connectivity index (χ2v) is 4.79. The average Bonchev–Trinajstić information content (AvgIpc) is 2.77. The zero-order chi connectivity index (χ0) is 12.1. The van der Waals surface area contributed by atoms with Crippen LogP contribution in [0.4, 0.5) is 0 Å². The summed E-state index contributed by atoms with van der Waals surface area (Å²) < 4.78 is 3.24. The molecule has 0 unspecified atom stereocenters. The molecule has 1 N–H and O–H groups in total. The minimum absolute atomic E-state index is 0.820. The SMILES string of the molecule is CCNCc1cccn1Cc1ccc(Br)cn1. The van der Waals surface area contributed by atoms with Crippen molar-refractivity contribution >= 4 is 15.9 Å². The van der Waals surface area contributed by atoms with Gasteiger partial charge in [0.25, 0.3) is 0 Å². The fraction of sp³-hybridized carbons (Fsp3) is 0.308. The van der Waals surface area contributed by atoms with Gasteiger partial charge in [-0.3, -0.25) is 4.98 Å². The molecule has 17 heavy (non-hydrogen) atoms. The summed E-state index contributed by atoms with van der Waals surface area (Å²) in [4.78, 5) is 4.39. The first-order chi connectivity index (χ1) is 8.29. The Hall–Kier alpha value is -1.13. The second-order valence-electron chi connectivity index (χ2n) is 3.88. The van der Waals surface area contributed by atoms with E-state index in [0.717, 1.165) is 29.8 Å². The summed E-state index contributed by atoms with van der Waals surface area (Å²) in [5.41, 5.74) is 2.36. The number of pyridine rings is 1. The van der Waals surface area contributed by atoms with E-state index >= 15 is 0 Å². The van der Waals surface area contributed by atoms with Crippen molar-refractivity contribution in [3.05, 3.63) is 52.5 Å². The maximum Gasteiger partial charge on any atom is 0.0645 e. The molecule has 0 fully saturated rings. The van der Waals surface area contributed by atoms with Crippen molar-refractivity contribution in [1.29, 1.82) is 0 Å². The second kappa shape index (κ2) is 5.98. The van der Waals surface area contributed by atoms with Crippen molar-refractivity contribution in [1.82, 2.24) is 14.9 Å². The summed E-state index contributed by atoms with van der Waals surface area (Å²) in [5, 5.41) is 3.34. The number of hydrogen-bond donors (Lipinski definition) is 1. The third-order valence-electron chi connectivity index (χ3n) is 2.60. The smallest absolute Gasteiger partial charge is 0.0645 e. The molecule has 0 aliphatic rings. The van der Waals surface area contributed by atoms with Crippen LogP contribution >= 0.6 is 15.9 Å². The Balaban J connectivity index is 2.07. The summed E-state index contributed by atoms with van der Waals surface area (Å²) >= 11 is 3.39. The van der Waals surface area contributed by atoms with E-state index < -0.39 is 0 Å². The zero-order valence-electron chi connectivity index (χ0n) is 9.86. The minimum Gasteiger partial charge on any atom is -0.344 e. The molecular weight excluding hydrogens is 278 g/mol. The number of hydrogen-bond acceptors (Lipinski definition) is 2. The average molecular weight is 294 g/mol. The molecule has 0 bridgehead atoms. The van der Waals surface area contributed by atoms with Gasteiger partial charge < -0.3 is 9.88 Å². The first-order valence-electron chi connectivity index (χ1n) is 5.74. The van der Waals surface area contributed by atoms with Crippen LogP contribution in [-0.2, 0) is 13.1 Å². The molecule has 2 rings (SSSR count). The first-order valence-corrected chi connectivity index (χ1v) is 6.54. The van der Waals surface area contributed by atoms with Crippen LogP contribution in [-0.4, -0.2) is 16.1 Å². The van der Waals surface area contributed by atoms with Gasteiger partial charge in [-0.05, 0) is 46.7 Å². The standard InChI is InChI=1S/C13H16BrN3/c1-2-15-9-13-4-3-7-17(13)10-12-6-5-11(14)8-16-12/h3-8,15H,2,9-10H2,1H3. The molecule has 2 aromatic rings. The molecule has 0 radical (unpaired) electrons. The van der Waals surface area contributed by atoms with Crippen LogP contribution < -0.4 is 5.32 Å². The summed E-state index contributed by atoms with van der Waals surface area (Å²) in [5.74, 6) is 0. The quantitative estimate of drug-likeness (QED) is 0.919. The molecule has 90 valence electrons. The van der Waals surface area contributed by atoms with Crippen LogP contribution in [0, 0.1) is 0 Å². The lowest BCUT2D eigenvalue weighted by Crippen LogP contribution is -2.15. The Morgan fingerprint density at radius 2 is 2.24 bits per heavy atom. The van der Waals surface area contributed by atoms with Gasteiger partial charge in [-0.25, -0.2) is 0 Å².